The number of benzene rings is 1. The minimum atomic E-state index is -0.497. The Morgan fingerprint density at radius 2 is 2.12 bits per heavy atom. The van der Waals surface area contributed by atoms with Gasteiger partial charge in [0.1, 0.15) is 5.69 Å². The maximum Gasteiger partial charge on any atom is 0.376 e. The predicted molar refractivity (Wildman–Crippen MR) is 65.6 cm³/mol. The van der Waals surface area contributed by atoms with E-state index in [4.69, 9.17) is 9.15 Å². The molecule has 1 aromatic heterocycles. The van der Waals surface area contributed by atoms with Gasteiger partial charge in [0.2, 0.25) is 5.76 Å². The second kappa shape index (κ2) is 5.14. The highest BCUT2D eigenvalue weighted by atomic mass is 79.9. The van der Waals surface area contributed by atoms with Crippen LogP contribution >= 0.6 is 15.9 Å². The highest BCUT2D eigenvalue weighted by Gasteiger charge is 2.19. The lowest BCUT2D eigenvalue weighted by Gasteiger charge is -2.01. The van der Waals surface area contributed by atoms with Gasteiger partial charge < -0.3 is 9.15 Å². The van der Waals surface area contributed by atoms with Gasteiger partial charge in [0, 0.05) is 10.0 Å². The summed E-state index contributed by atoms with van der Waals surface area (Å²) in [5.74, 6) is -0.364. The first-order valence-corrected chi connectivity index (χ1v) is 5.88. The lowest BCUT2D eigenvalue weighted by Crippen LogP contribution is -2.04. The summed E-state index contributed by atoms with van der Waals surface area (Å²) in [5.41, 5.74) is 1.31. The molecule has 0 saturated carbocycles. The fraction of sp³-hybridized carbons (Fsp3) is 0.167. The van der Waals surface area contributed by atoms with Crippen LogP contribution in [0.3, 0.4) is 0 Å². The molecule has 1 aromatic carbocycles. The molecule has 1 heterocycles. The average molecular weight is 296 g/mol. The van der Waals surface area contributed by atoms with Crippen LogP contribution in [0.25, 0.3) is 11.3 Å². The van der Waals surface area contributed by atoms with E-state index >= 15 is 0 Å². The number of hydrogen-bond acceptors (Lipinski definition) is 4. The topological polar surface area (TPSA) is 52.3 Å². The van der Waals surface area contributed by atoms with E-state index < -0.39 is 5.97 Å². The Bertz CT molecular complexity index is 519. The zero-order valence-corrected chi connectivity index (χ0v) is 10.7. The molecule has 0 aliphatic heterocycles. The smallest absolute Gasteiger partial charge is 0.376 e. The number of aromatic nitrogens is 1. The summed E-state index contributed by atoms with van der Waals surface area (Å²) in [6.45, 7) is 2.05. The molecule has 0 radical (unpaired) electrons. The van der Waals surface area contributed by atoms with Crippen molar-refractivity contribution in [2.45, 2.75) is 6.92 Å². The average Bonchev–Trinajstić information content (AvgIpc) is 2.79. The highest BCUT2D eigenvalue weighted by molar-refractivity contribution is 9.10. The van der Waals surface area contributed by atoms with Crippen LogP contribution < -0.4 is 0 Å². The number of ether oxygens (including phenoxy) is 1. The molecule has 0 saturated heterocycles. The number of rotatable bonds is 3. The van der Waals surface area contributed by atoms with Gasteiger partial charge >= 0.3 is 5.97 Å². The van der Waals surface area contributed by atoms with Crippen molar-refractivity contribution in [3.8, 4) is 11.3 Å². The van der Waals surface area contributed by atoms with E-state index in [1.807, 2.05) is 24.3 Å². The summed E-state index contributed by atoms with van der Waals surface area (Å²) < 4.78 is 10.9. The number of esters is 1. The van der Waals surface area contributed by atoms with E-state index in [-0.39, 0.29) is 5.76 Å². The third-order valence-electron chi connectivity index (χ3n) is 2.15. The molecule has 88 valence electrons. The van der Waals surface area contributed by atoms with Crippen LogP contribution in [0.4, 0.5) is 0 Å². The predicted octanol–water partition coefficient (Wildman–Crippen LogP) is 3.28. The molecule has 0 aliphatic rings. The maximum atomic E-state index is 11.6. The van der Waals surface area contributed by atoms with Gasteiger partial charge in [0.25, 0.3) is 0 Å². The van der Waals surface area contributed by atoms with E-state index in [2.05, 4.69) is 20.9 Å². The van der Waals surface area contributed by atoms with Crippen molar-refractivity contribution in [1.82, 2.24) is 4.98 Å². The summed E-state index contributed by atoms with van der Waals surface area (Å²) in [5, 5.41) is 0. The summed E-state index contributed by atoms with van der Waals surface area (Å²) in [4.78, 5) is 15.6. The van der Waals surface area contributed by atoms with Gasteiger partial charge in [-0.3, -0.25) is 0 Å². The van der Waals surface area contributed by atoms with Crippen molar-refractivity contribution >= 4 is 21.9 Å². The summed E-state index contributed by atoms with van der Waals surface area (Å²) in [7, 11) is 0. The molecular weight excluding hydrogens is 286 g/mol. The minimum Gasteiger partial charge on any atom is -0.460 e. The Morgan fingerprint density at radius 1 is 1.41 bits per heavy atom. The first kappa shape index (κ1) is 11.9. The minimum absolute atomic E-state index is 0.133. The first-order valence-electron chi connectivity index (χ1n) is 5.09. The molecule has 0 N–H and O–H groups in total. The molecule has 0 bridgehead atoms. The van der Waals surface area contributed by atoms with Crippen molar-refractivity contribution in [3.05, 3.63) is 40.9 Å². The van der Waals surface area contributed by atoms with E-state index in [1.54, 1.807) is 6.92 Å². The summed E-state index contributed by atoms with van der Waals surface area (Å²) in [6, 6.07) is 7.45. The highest BCUT2D eigenvalue weighted by Crippen LogP contribution is 2.24. The van der Waals surface area contributed by atoms with Crippen LogP contribution in [0.15, 0.2) is 39.5 Å². The van der Waals surface area contributed by atoms with Gasteiger partial charge in [-0.15, -0.1) is 0 Å². The van der Waals surface area contributed by atoms with Crippen LogP contribution in [-0.4, -0.2) is 17.6 Å². The fourth-order valence-corrected chi connectivity index (χ4v) is 1.67. The Kier molecular flexibility index (Phi) is 3.58. The second-order valence-electron chi connectivity index (χ2n) is 3.26. The molecule has 5 heteroatoms. The third-order valence-corrected chi connectivity index (χ3v) is 2.67. The van der Waals surface area contributed by atoms with Gasteiger partial charge in [-0.2, -0.15) is 0 Å². The molecular formula is C12H10BrNO3. The van der Waals surface area contributed by atoms with Gasteiger partial charge in [0.05, 0.1) is 6.61 Å². The number of carbonyl (C=O) groups excluding carboxylic acids is 1. The fourth-order valence-electron chi connectivity index (χ4n) is 1.40. The van der Waals surface area contributed by atoms with Gasteiger partial charge in [-0.1, -0.05) is 28.1 Å². The van der Waals surface area contributed by atoms with Gasteiger partial charge in [0.15, 0.2) is 6.39 Å². The Morgan fingerprint density at radius 3 is 2.76 bits per heavy atom. The normalized spacial score (nSPS) is 10.2. The van der Waals surface area contributed by atoms with E-state index in [1.165, 1.54) is 6.39 Å². The third kappa shape index (κ3) is 2.55. The van der Waals surface area contributed by atoms with E-state index in [9.17, 15) is 4.79 Å². The number of nitrogens with zero attached hydrogens (tertiary/aromatic N) is 1. The Labute approximate surface area is 107 Å². The Balaban J connectivity index is 2.36. The monoisotopic (exact) mass is 295 g/mol. The van der Waals surface area contributed by atoms with Gasteiger partial charge in [-0.25, -0.2) is 9.78 Å². The first-order chi connectivity index (χ1) is 8.22. The number of carbonyl (C=O) groups is 1. The van der Waals surface area contributed by atoms with E-state index in [0.29, 0.717) is 12.3 Å². The van der Waals surface area contributed by atoms with Crippen LogP contribution in [0.2, 0.25) is 0 Å². The molecule has 0 atom stereocenters. The second-order valence-corrected chi connectivity index (χ2v) is 4.17. The molecule has 2 rings (SSSR count). The SMILES string of the molecule is CCOC(=O)c1ocnc1-c1ccc(Br)cc1. The lowest BCUT2D eigenvalue weighted by molar-refractivity contribution is 0.0491. The lowest BCUT2D eigenvalue weighted by atomic mass is 10.1. The maximum absolute atomic E-state index is 11.6. The number of hydrogen-bond donors (Lipinski definition) is 0. The molecule has 0 aliphatic carbocycles. The van der Waals surface area contributed by atoms with Crippen molar-refractivity contribution in [2.75, 3.05) is 6.61 Å². The number of oxazole rings is 1. The largest absolute Gasteiger partial charge is 0.460 e. The van der Waals surface area contributed by atoms with Crippen molar-refractivity contribution in [2.24, 2.45) is 0 Å². The summed E-state index contributed by atoms with van der Waals surface area (Å²) in [6.07, 6.45) is 1.24. The standard InChI is InChI=1S/C12H10BrNO3/c1-2-16-12(15)11-10(14-7-17-11)8-3-5-9(13)6-4-8/h3-7H,2H2,1H3. The van der Waals surface area contributed by atoms with Crippen LogP contribution in [0.5, 0.6) is 0 Å². The zero-order valence-electron chi connectivity index (χ0n) is 9.14. The molecule has 17 heavy (non-hydrogen) atoms. The zero-order chi connectivity index (χ0) is 12.3. The van der Waals surface area contributed by atoms with Crippen LogP contribution in [-0.2, 0) is 4.74 Å². The molecule has 0 spiro atoms. The Hall–Kier alpha value is -1.62. The molecule has 4 nitrogen and oxygen atoms in total. The molecule has 0 fully saturated rings. The van der Waals surface area contributed by atoms with E-state index in [0.717, 1.165) is 10.0 Å². The molecule has 0 unspecified atom stereocenters. The number of halogens is 1. The molecule has 2 aromatic rings. The summed E-state index contributed by atoms with van der Waals surface area (Å²) >= 11 is 3.35. The van der Waals surface area contributed by atoms with Crippen LogP contribution in [0, 0.1) is 0 Å². The van der Waals surface area contributed by atoms with Crippen LogP contribution in [0.1, 0.15) is 17.5 Å². The van der Waals surface area contributed by atoms with Gasteiger partial charge in [-0.05, 0) is 19.1 Å². The van der Waals surface area contributed by atoms with Crippen molar-refractivity contribution in [3.63, 3.8) is 0 Å². The quantitative estimate of drug-likeness (QED) is 0.816. The van der Waals surface area contributed by atoms with Crippen molar-refractivity contribution in [1.29, 1.82) is 0 Å². The van der Waals surface area contributed by atoms with Crippen molar-refractivity contribution < 1.29 is 13.9 Å². The molecule has 0 amide bonds.